The summed E-state index contributed by atoms with van der Waals surface area (Å²) in [5.41, 5.74) is 5.32. The fraction of sp³-hybridized carbons (Fsp3) is 0.222. The number of hydrogen-bond donors (Lipinski definition) is 4. The molecule has 1 aromatic carbocycles. The number of benzene rings is 1. The highest BCUT2D eigenvalue weighted by molar-refractivity contribution is 14.1. The topological polar surface area (TPSA) is 150 Å². The number of anilines is 1. The fourth-order valence-corrected chi connectivity index (χ4v) is 4.94. The number of rotatable bonds is 3. The maximum atomic E-state index is 12.9. The average Bonchev–Trinajstić information content (AvgIpc) is 2.93. The first-order chi connectivity index (χ1) is 13.5. The van der Waals surface area contributed by atoms with Gasteiger partial charge in [-0.3, -0.25) is 4.79 Å². The number of nitrogens with one attached hydrogen (secondary N) is 2. The Labute approximate surface area is 181 Å². The quantitative estimate of drug-likeness (QED) is 0.439. The van der Waals surface area contributed by atoms with Crippen LogP contribution in [-0.2, 0) is 17.1 Å². The van der Waals surface area contributed by atoms with Crippen LogP contribution in [0.2, 0.25) is 0 Å². The zero-order valence-corrected chi connectivity index (χ0v) is 18.4. The van der Waals surface area contributed by atoms with E-state index < -0.39 is 27.7 Å². The van der Waals surface area contributed by atoms with Gasteiger partial charge in [-0.05, 0) is 53.8 Å². The van der Waals surface area contributed by atoms with E-state index in [1.54, 1.807) is 19.2 Å². The molecule has 0 spiro atoms. The predicted molar refractivity (Wildman–Crippen MR) is 115 cm³/mol. The van der Waals surface area contributed by atoms with Crippen molar-refractivity contribution >= 4 is 50.3 Å². The van der Waals surface area contributed by atoms with Crippen molar-refractivity contribution in [2.24, 2.45) is 12.8 Å². The molecular formula is C18H18IN5O4S. The van der Waals surface area contributed by atoms with Crippen molar-refractivity contribution in [3.8, 4) is 6.07 Å². The largest absolute Gasteiger partial charge is 0.390 e. The van der Waals surface area contributed by atoms with Crippen LogP contribution in [0.1, 0.15) is 28.5 Å². The number of nitrogens with zero attached hydrogens (tertiary/aromatic N) is 2. The van der Waals surface area contributed by atoms with Gasteiger partial charge < -0.3 is 20.7 Å². The van der Waals surface area contributed by atoms with Crippen molar-refractivity contribution in [1.82, 2.24) is 9.29 Å². The Kier molecular flexibility index (Phi) is 5.58. The summed E-state index contributed by atoms with van der Waals surface area (Å²) in [5, 5.41) is 21.7. The highest BCUT2D eigenvalue weighted by Gasteiger charge is 2.38. The maximum Gasteiger partial charge on any atom is 0.272 e. The van der Waals surface area contributed by atoms with E-state index in [1.165, 1.54) is 35.9 Å². The molecule has 2 atom stereocenters. The molecular weight excluding hydrogens is 509 g/mol. The number of hydrogen-bond acceptors (Lipinski definition) is 6. The summed E-state index contributed by atoms with van der Waals surface area (Å²) in [6.07, 6.45) is 2.82. The fourth-order valence-electron chi connectivity index (χ4n) is 2.92. The van der Waals surface area contributed by atoms with Crippen LogP contribution in [-0.4, -0.2) is 35.8 Å². The third kappa shape index (κ3) is 3.94. The summed E-state index contributed by atoms with van der Waals surface area (Å²) in [6.45, 7) is 1.36. The number of halogens is 1. The van der Waals surface area contributed by atoms with Crippen molar-refractivity contribution in [3.63, 3.8) is 0 Å². The minimum atomic E-state index is -4.10. The number of carbonyl (C=O) groups is 1. The molecule has 0 unspecified atom stereocenters. The molecule has 3 rings (SSSR count). The predicted octanol–water partition coefficient (Wildman–Crippen LogP) is 1.09. The molecule has 0 saturated heterocycles. The van der Waals surface area contributed by atoms with E-state index >= 15 is 0 Å². The van der Waals surface area contributed by atoms with E-state index in [-0.39, 0.29) is 16.2 Å². The summed E-state index contributed by atoms with van der Waals surface area (Å²) in [6, 6.07) is 6.92. The lowest BCUT2D eigenvalue weighted by Crippen LogP contribution is -2.60. The molecule has 2 heterocycles. The Morgan fingerprint density at radius 2 is 2.17 bits per heavy atom. The first-order valence-corrected chi connectivity index (χ1v) is 10.9. The summed E-state index contributed by atoms with van der Waals surface area (Å²) in [4.78, 5) is 12.8. The van der Waals surface area contributed by atoms with Crippen LogP contribution in [0.3, 0.4) is 0 Å². The van der Waals surface area contributed by atoms with Crippen molar-refractivity contribution in [3.05, 3.63) is 50.9 Å². The Hall–Kier alpha value is -2.24. The van der Waals surface area contributed by atoms with Crippen molar-refractivity contribution in [2.75, 3.05) is 5.32 Å². The molecule has 1 amide bonds. The highest BCUT2D eigenvalue weighted by atomic mass is 127. The second-order valence-corrected chi connectivity index (χ2v) is 9.49. The lowest BCUT2D eigenvalue weighted by Gasteiger charge is -2.28. The zero-order chi connectivity index (χ0) is 21.6. The van der Waals surface area contributed by atoms with Crippen LogP contribution in [0, 0.1) is 14.9 Å². The molecule has 5 N–H and O–H groups in total. The van der Waals surface area contributed by atoms with Gasteiger partial charge >= 0.3 is 0 Å². The number of fused-ring (bicyclic) bond motifs is 1. The number of nitrogens with two attached hydrogens (primary N) is 1. The Morgan fingerprint density at radius 3 is 2.79 bits per heavy atom. The van der Waals surface area contributed by atoms with Crippen molar-refractivity contribution < 1.29 is 18.3 Å². The van der Waals surface area contributed by atoms with E-state index in [4.69, 9.17) is 11.0 Å². The Bertz CT molecular complexity index is 1180. The third-order valence-corrected chi connectivity index (χ3v) is 7.03. The molecule has 2 aromatic rings. The van der Waals surface area contributed by atoms with E-state index in [0.29, 0.717) is 11.3 Å². The standard InChI is InChI=1S/C18H18IN5O4S/c1-10(25)18(21)6-5-13-15(29(27,28)23-18)9-24(2)16(13)17(26)22-12-3-4-14(19)11(7-12)8-20/h3-7,9-10,23,25H,21H2,1-2H3,(H,22,26)/t10-,18+/m0/s1. The van der Waals surface area contributed by atoms with E-state index in [0.717, 1.165) is 3.57 Å². The lowest BCUT2D eigenvalue weighted by molar-refractivity contribution is 0.101. The molecule has 0 saturated carbocycles. The van der Waals surface area contributed by atoms with Crippen LogP contribution in [0.4, 0.5) is 5.69 Å². The minimum absolute atomic E-state index is 0.0912. The maximum absolute atomic E-state index is 12.9. The summed E-state index contributed by atoms with van der Waals surface area (Å²) >= 11 is 2.02. The molecule has 0 fully saturated rings. The Morgan fingerprint density at radius 1 is 1.48 bits per heavy atom. The molecule has 29 heavy (non-hydrogen) atoms. The molecule has 0 bridgehead atoms. The van der Waals surface area contributed by atoms with E-state index in [9.17, 15) is 18.3 Å². The minimum Gasteiger partial charge on any atom is -0.390 e. The van der Waals surface area contributed by atoms with Gasteiger partial charge in [0.1, 0.15) is 22.3 Å². The number of aryl methyl sites for hydroxylation is 1. The van der Waals surface area contributed by atoms with Crippen molar-refractivity contribution in [1.29, 1.82) is 5.26 Å². The molecule has 0 aliphatic carbocycles. The molecule has 1 aliphatic heterocycles. The van der Waals surface area contributed by atoms with Gasteiger partial charge in [-0.25, -0.2) is 8.42 Å². The molecule has 1 aliphatic rings. The molecule has 152 valence electrons. The third-order valence-electron chi connectivity index (χ3n) is 4.56. The summed E-state index contributed by atoms with van der Waals surface area (Å²) < 4.78 is 29.9. The highest BCUT2D eigenvalue weighted by Crippen LogP contribution is 2.29. The first-order valence-electron chi connectivity index (χ1n) is 8.39. The van der Waals surface area contributed by atoms with E-state index in [1.807, 2.05) is 28.7 Å². The lowest BCUT2D eigenvalue weighted by atomic mass is 10.0. The molecule has 9 nitrogen and oxygen atoms in total. The molecule has 11 heteroatoms. The van der Waals surface area contributed by atoms with Gasteiger partial charge in [0.05, 0.1) is 11.7 Å². The number of carbonyl (C=O) groups excluding carboxylic acids is 1. The smallest absolute Gasteiger partial charge is 0.272 e. The first kappa shape index (κ1) is 21.5. The molecule has 0 radical (unpaired) electrons. The average molecular weight is 527 g/mol. The molecule has 1 aromatic heterocycles. The number of aliphatic hydroxyl groups excluding tert-OH is 1. The second kappa shape index (κ2) is 7.54. The van der Waals surface area contributed by atoms with Crippen LogP contribution in [0.25, 0.3) is 6.08 Å². The number of aliphatic hydroxyl groups is 1. The van der Waals surface area contributed by atoms with Crippen LogP contribution in [0.15, 0.2) is 35.4 Å². The SMILES string of the molecule is C[C@H](O)[C@@]1(N)C=Cc2c(cn(C)c2C(=O)Nc2ccc(I)c(C#N)c2)S(=O)(=O)N1. The summed E-state index contributed by atoms with van der Waals surface area (Å²) in [7, 11) is -2.55. The van der Waals surface area contributed by atoms with Gasteiger partial charge in [-0.15, -0.1) is 0 Å². The van der Waals surface area contributed by atoms with Gasteiger partial charge in [0.2, 0.25) is 10.0 Å². The summed E-state index contributed by atoms with van der Waals surface area (Å²) in [5.74, 6) is -0.555. The van der Waals surface area contributed by atoms with Crippen LogP contribution in [0.5, 0.6) is 0 Å². The normalized spacial score (nSPS) is 21.0. The van der Waals surface area contributed by atoms with Gasteiger partial charge in [-0.2, -0.15) is 9.98 Å². The van der Waals surface area contributed by atoms with Crippen LogP contribution >= 0.6 is 22.6 Å². The zero-order valence-electron chi connectivity index (χ0n) is 15.5. The van der Waals surface area contributed by atoms with E-state index in [2.05, 4.69) is 10.0 Å². The van der Waals surface area contributed by atoms with Crippen molar-refractivity contribution in [2.45, 2.75) is 23.6 Å². The number of sulfonamides is 1. The number of amides is 1. The monoisotopic (exact) mass is 527 g/mol. The van der Waals surface area contributed by atoms with Gasteiger partial charge in [0.15, 0.2) is 0 Å². The number of aromatic nitrogens is 1. The number of nitriles is 1. The Balaban J connectivity index is 2.06. The second-order valence-electron chi connectivity index (χ2n) is 6.67. The van der Waals surface area contributed by atoms with Gasteiger partial charge in [-0.1, -0.05) is 6.08 Å². The van der Waals surface area contributed by atoms with Gasteiger partial charge in [0.25, 0.3) is 5.91 Å². The van der Waals surface area contributed by atoms with Gasteiger partial charge in [0, 0.05) is 28.1 Å². The van der Waals surface area contributed by atoms with Crippen LogP contribution < -0.4 is 15.8 Å².